The van der Waals surface area contributed by atoms with Gasteiger partial charge in [0.05, 0.1) is 5.41 Å². The van der Waals surface area contributed by atoms with Crippen LogP contribution >= 0.6 is 11.6 Å². The van der Waals surface area contributed by atoms with Crippen molar-refractivity contribution in [3.8, 4) is 0 Å². The molecule has 0 bridgehead atoms. The molecule has 1 aromatic carbocycles. The molecule has 4 heteroatoms. The number of rotatable bonds is 5. The third-order valence-electron chi connectivity index (χ3n) is 2.51. The second-order valence-electron chi connectivity index (χ2n) is 4.44. The van der Waals surface area contributed by atoms with Gasteiger partial charge < -0.3 is 11.1 Å². The van der Waals surface area contributed by atoms with Gasteiger partial charge in [0.2, 0.25) is 5.91 Å². The molecule has 0 aromatic heterocycles. The fourth-order valence-electron chi connectivity index (χ4n) is 1.24. The minimum Gasteiger partial charge on any atom is -0.369 e. The van der Waals surface area contributed by atoms with Crippen molar-refractivity contribution in [1.82, 2.24) is 5.32 Å². The standard InChI is InChI=1S/C12H17ClN2O/c1-12(2,11(14)16)8-15-7-9-5-3-4-6-10(9)13/h3-6,15H,7-8H2,1-2H3,(H2,14,16). The molecular weight excluding hydrogens is 224 g/mol. The molecule has 1 amide bonds. The number of halogens is 1. The van der Waals surface area contributed by atoms with Gasteiger partial charge in [-0.1, -0.05) is 29.8 Å². The first kappa shape index (κ1) is 13.0. The molecule has 0 fully saturated rings. The van der Waals surface area contributed by atoms with E-state index in [-0.39, 0.29) is 5.91 Å². The molecule has 0 aliphatic rings. The summed E-state index contributed by atoms with van der Waals surface area (Å²) >= 11 is 6.01. The van der Waals surface area contributed by atoms with Crippen LogP contribution < -0.4 is 11.1 Å². The van der Waals surface area contributed by atoms with E-state index in [1.807, 2.05) is 38.1 Å². The average molecular weight is 241 g/mol. The highest BCUT2D eigenvalue weighted by atomic mass is 35.5. The van der Waals surface area contributed by atoms with E-state index < -0.39 is 5.41 Å². The molecule has 0 unspecified atom stereocenters. The van der Waals surface area contributed by atoms with Gasteiger partial charge in [-0.2, -0.15) is 0 Å². The van der Waals surface area contributed by atoms with E-state index in [1.54, 1.807) is 0 Å². The second-order valence-corrected chi connectivity index (χ2v) is 4.85. The summed E-state index contributed by atoms with van der Waals surface area (Å²) in [6.45, 7) is 4.80. The number of amides is 1. The van der Waals surface area contributed by atoms with Crippen LogP contribution in [0.2, 0.25) is 5.02 Å². The van der Waals surface area contributed by atoms with Crippen LogP contribution in [0.5, 0.6) is 0 Å². The van der Waals surface area contributed by atoms with Crippen LogP contribution in [0.25, 0.3) is 0 Å². The predicted octanol–water partition coefficient (Wildman–Crippen LogP) is 1.94. The lowest BCUT2D eigenvalue weighted by molar-refractivity contribution is -0.125. The zero-order valence-electron chi connectivity index (χ0n) is 9.59. The van der Waals surface area contributed by atoms with Gasteiger partial charge in [-0.05, 0) is 25.5 Å². The SMILES string of the molecule is CC(C)(CNCc1ccccc1Cl)C(N)=O. The number of carbonyl (C=O) groups excluding carboxylic acids is 1. The van der Waals surface area contributed by atoms with Gasteiger partial charge in [-0.25, -0.2) is 0 Å². The summed E-state index contributed by atoms with van der Waals surface area (Å²) in [5, 5.41) is 3.91. The molecule has 0 spiro atoms. The normalized spacial score (nSPS) is 11.4. The molecule has 0 atom stereocenters. The molecule has 0 aliphatic carbocycles. The van der Waals surface area contributed by atoms with Crippen LogP contribution in [-0.2, 0) is 11.3 Å². The molecule has 88 valence electrons. The van der Waals surface area contributed by atoms with Crippen molar-refractivity contribution < 1.29 is 4.79 Å². The fraction of sp³-hybridized carbons (Fsp3) is 0.417. The van der Waals surface area contributed by atoms with Crippen LogP contribution in [0, 0.1) is 5.41 Å². The highest BCUT2D eigenvalue weighted by molar-refractivity contribution is 6.31. The van der Waals surface area contributed by atoms with Gasteiger partial charge in [0.25, 0.3) is 0 Å². The van der Waals surface area contributed by atoms with Crippen LogP contribution in [0.1, 0.15) is 19.4 Å². The molecule has 0 aliphatic heterocycles. The van der Waals surface area contributed by atoms with Crippen molar-refractivity contribution in [1.29, 1.82) is 0 Å². The Labute approximate surface area is 101 Å². The van der Waals surface area contributed by atoms with Gasteiger partial charge in [-0.15, -0.1) is 0 Å². The Morgan fingerprint density at radius 1 is 1.44 bits per heavy atom. The Morgan fingerprint density at radius 2 is 2.06 bits per heavy atom. The Hall–Kier alpha value is -1.06. The first-order valence-electron chi connectivity index (χ1n) is 5.17. The molecule has 3 N–H and O–H groups in total. The number of nitrogens with two attached hydrogens (primary N) is 1. The monoisotopic (exact) mass is 240 g/mol. The van der Waals surface area contributed by atoms with Gasteiger partial charge in [0.1, 0.15) is 0 Å². The summed E-state index contributed by atoms with van der Waals surface area (Å²) in [6, 6.07) is 7.62. The molecule has 0 radical (unpaired) electrons. The number of benzene rings is 1. The Morgan fingerprint density at radius 3 is 2.62 bits per heavy atom. The summed E-state index contributed by atoms with van der Waals surface area (Å²) in [4.78, 5) is 11.1. The van der Waals surface area contributed by atoms with Gasteiger partial charge in [0.15, 0.2) is 0 Å². The molecule has 1 aromatic rings. The number of hydrogen-bond donors (Lipinski definition) is 2. The van der Waals surface area contributed by atoms with E-state index in [9.17, 15) is 4.79 Å². The molecule has 0 saturated heterocycles. The van der Waals surface area contributed by atoms with Crippen molar-refractivity contribution in [3.63, 3.8) is 0 Å². The van der Waals surface area contributed by atoms with Crippen molar-refractivity contribution >= 4 is 17.5 Å². The lowest BCUT2D eigenvalue weighted by Gasteiger charge is -2.20. The minimum absolute atomic E-state index is 0.306. The van der Waals surface area contributed by atoms with Gasteiger partial charge >= 0.3 is 0 Å². The zero-order valence-corrected chi connectivity index (χ0v) is 10.3. The van der Waals surface area contributed by atoms with Crippen LogP contribution in [-0.4, -0.2) is 12.5 Å². The first-order chi connectivity index (χ1) is 7.43. The van der Waals surface area contributed by atoms with E-state index in [1.165, 1.54) is 0 Å². The summed E-state index contributed by atoms with van der Waals surface area (Å²) in [5.74, 6) is -0.306. The highest BCUT2D eigenvalue weighted by Gasteiger charge is 2.24. The van der Waals surface area contributed by atoms with Crippen molar-refractivity contribution in [2.75, 3.05) is 6.54 Å². The number of nitrogens with one attached hydrogen (secondary N) is 1. The van der Waals surface area contributed by atoms with Crippen LogP contribution in [0.4, 0.5) is 0 Å². The zero-order chi connectivity index (χ0) is 12.2. The van der Waals surface area contributed by atoms with E-state index in [0.717, 1.165) is 10.6 Å². The van der Waals surface area contributed by atoms with E-state index in [2.05, 4.69) is 5.32 Å². The second kappa shape index (κ2) is 5.32. The maximum absolute atomic E-state index is 11.1. The lowest BCUT2D eigenvalue weighted by Crippen LogP contribution is -2.40. The molecule has 3 nitrogen and oxygen atoms in total. The van der Waals surface area contributed by atoms with E-state index in [4.69, 9.17) is 17.3 Å². The average Bonchev–Trinajstić information content (AvgIpc) is 2.20. The lowest BCUT2D eigenvalue weighted by atomic mass is 9.93. The summed E-state index contributed by atoms with van der Waals surface area (Å²) in [5.41, 5.74) is 5.75. The Bertz CT molecular complexity index is 377. The Balaban J connectivity index is 2.48. The first-order valence-corrected chi connectivity index (χ1v) is 5.55. The fourth-order valence-corrected chi connectivity index (χ4v) is 1.44. The molecular formula is C12H17ClN2O. The highest BCUT2D eigenvalue weighted by Crippen LogP contribution is 2.16. The largest absolute Gasteiger partial charge is 0.369 e. The predicted molar refractivity (Wildman–Crippen MR) is 66.1 cm³/mol. The van der Waals surface area contributed by atoms with Gasteiger partial charge in [-0.3, -0.25) is 4.79 Å². The summed E-state index contributed by atoms with van der Waals surface area (Å²) in [7, 11) is 0. The quantitative estimate of drug-likeness (QED) is 0.827. The smallest absolute Gasteiger partial charge is 0.224 e. The number of hydrogen-bond acceptors (Lipinski definition) is 2. The van der Waals surface area contributed by atoms with E-state index >= 15 is 0 Å². The minimum atomic E-state index is -0.540. The summed E-state index contributed by atoms with van der Waals surface area (Å²) in [6.07, 6.45) is 0. The maximum Gasteiger partial charge on any atom is 0.224 e. The van der Waals surface area contributed by atoms with Crippen LogP contribution in [0.3, 0.4) is 0 Å². The number of primary amides is 1. The Kier molecular flexibility index (Phi) is 4.33. The molecule has 0 saturated carbocycles. The van der Waals surface area contributed by atoms with E-state index in [0.29, 0.717) is 13.1 Å². The topological polar surface area (TPSA) is 55.1 Å². The maximum atomic E-state index is 11.1. The molecule has 0 heterocycles. The van der Waals surface area contributed by atoms with Crippen molar-refractivity contribution in [2.24, 2.45) is 11.1 Å². The molecule has 1 rings (SSSR count). The van der Waals surface area contributed by atoms with Crippen molar-refractivity contribution in [2.45, 2.75) is 20.4 Å². The van der Waals surface area contributed by atoms with Crippen molar-refractivity contribution in [3.05, 3.63) is 34.9 Å². The van der Waals surface area contributed by atoms with Crippen LogP contribution in [0.15, 0.2) is 24.3 Å². The summed E-state index contributed by atoms with van der Waals surface area (Å²) < 4.78 is 0. The third kappa shape index (κ3) is 3.51. The molecule has 16 heavy (non-hydrogen) atoms. The third-order valence-corrected chi connectivity index (χ3v) is 2.88. The van der Waals surface area contributed by atoms with Gasteiger partial charge in [0, 0.05) is 18.1 Å². The number of carbonyl (C=O) groups is 1.